The van der Waals surface area contributed by atoms with Crippen LogP contribution in [0.3, 0.4) is 0 Å². The molecule has 154 valence electrons. The standard InChI is InChI=1S/C22H28N4O3/c1-15-9-7-12-20(22(23-4)26-28-6)21(15)14-29-25-17(3)19-11-8-10-18(13-19)16(2)24-27-5/h7-13H,14H2,1-6H3,(H,23,26)/b24-16+,25-17+. The van der Waals surface area contributed by atoms with Crippen LogP contribution in [0.25, 0.3) is 0 Å². The molecule has 0 unspecified atom stereocenters. The van der Waals surface area contributed by atoms with E-state index in [4.69, 9.17) is 14.5 Å². The number of hydrogen-bond acceptors (Lipinski definition) is 6. The van der Waals surface area contributed by atoms with Crippen molar-refractivity contribution in [1.82, 2.24) is 5.48 Å². The highest BCUT2D eigenvalue weighted by Crippen LogP contribution is 2.17. The maximum absolute atomic E-state index is 5.69. The SMILES string of the molecule is CN=C(NOC)c1cccc(C)c1CO/N=C(\C)c1cccc(/C(C)=N/OC)c1. The van der Waals surface area contributed by atoms with Crippen molar-refractivity contribution in [2.24, 2.45) is 15.3 Å². The lowest BCUT2D eigenvalue weighted by atomic mass is 10.0. The molecule has 2 aromatic carbocycles. The van der Waals surface area contributed by atoms with Crippen LogP contribution >= 0.6 is 0 Å². The average Bonchev–Trinajstić information content (AvgIpc) is 2.73. The van der Waals surface area contributed by atoms with Crippen LogP contribution in [-0.2, 0) is 21.1 Å². The van der Waals surface area contributed by atoms with Gasteiger partial charge in [-0.05, 0) is 43.5 Å². The van der Waals surface area contributed by atoms with Gasteiger partial charge in [0.15, 0.2) is 5.84 Å². The van der Waals surface area contributed by atoms with Gasteiger partial charge in [0.1, 0.15) is 13.7 Å². The number of benzene rings is 2. The number of amidine groups is 1. The summed E-state index contributed by atoms with van der Waals surface area (Å²) in [5.74, 6) is 0.635. The Morgan fingerprint density at radius 3 is 2.24 bits per heavy atom. The molecular formula is C22H28N4O3. The number of aliphatic imine (C=N–C) groups is 1. The average molecular weight is 396 g/mol. The summed E-state index contributed by atoms with van der Waals surface area (Å²) in [5, 5.41) is 8.28. The van der Waals surface area contributed by atoms with E-state index in [0.29, 0.717) is 12.4 Å². The molecule has 0 atom stereocenters. The predicted octanol–water partition coefficient (Wildman–Crippen LogP) is 3.83. The highest BCUT2D eigenvalue weighted by Gasteiger charge is 2.12. The number of hydrogen-bond donors (Lipinski definition) is 1. The molecule has 0 aliphatic rings. The third-order valence-electron chi connectivity index (χ3n) is 4.42. The summed E-state index contributed by atoms with van der Waals surface area (Å²) in [6.07, 6.45) is 0. The summed E-state index contributed by atoms with van der Waals surface area (Å²) in [6.45, 7) is 6.14. The summed E-state index contributed by atoms with van der Waals surface area (Å²) < 4.78 is 0. The fourth-order valence-corrected chi connectivity index (χ4v) is 2.84. The zero-order valence-electron chi connectivity index (χ0n) is 17.8. The van der Waals surface area contributed by atoms with Crippen LogP contribution in [-0.4, -0.2) is 38.5 Å². The molecule has 0 radical (unpaired) electrons. The van der Waals surface area contributed by atoms with Crippen LogP contribution in [0.1, 0.15) is 41.7 Å². The van der Waals surface area contributed by atoms with Gasteiger partial charge in [-0.1, -0.05) is 46.7 Å². The molecule has 2 aromatic rings. The second-order valence-electron chi connectivity index (χ2n) is 6.37. The van der Waals surface area contributed by atoms with Crippen LogP contribution in [0.5, 0.6) is 0 Å². The van der Waals surface area contributed by atoms with E-state index < -0.39 is 0 Å². The molecule has 0 aromatic heterocycles. The Labute approximate surface area is 172 Å². The van der Waals surface area contributed by atoms with E-state index in [2.05, 4.69) is 20.8 Å². The van der Waals surface area contributed by atoms with Gasteiger partial charge in [0.2, 0.25) is 0 Å². The Morgan fingerprint density at radius 1 is 0.966 bits per heavy atom. The first kappa shape index (κ1) is 22.1. The van der Waals surface area contributed by atoms with E-state index >= 15 is 0 Å². The Bertz CT molecular complexity index is 920. The van der Waals surface area contributed by atoms with Crippen LogP contribution < -0.4 is 5.48 Å². The molecule has 0 aliphatic heterocycles. The maximum atomic E-state index is 5.69. The van der Waals surface area contributed by atoms with Crippen molar-refractivity contribution in [3.63, 3.8) is 0 Å². The van der Waals surface area contributed by atoms with E-state index in [1.54, 1.807) is 14.2 Å². The first-order valence-corrected chi connectivity index (χ1v) is 9.21. The predicted molar refractivity (Wildman–Crippen MR) is 116 cm³/mol. The number of rotatable bonds is 8. The third kappa shape index (κ3) is 5.89. The van der Waals surface area contributed by atoms with Crippen molar-refractivity contribution in [3.8, 4) is 0 Å². The summed E-state index contributed by atoms with van der Waals surface area (Å²) in [7, 11) is 4.79. The molecule has 0 bridgehead atoms. The normalized spacial score (nSPS) is 12.7. The van der Waals surface area contributed by atoms with Gasteiger partial charge >= 0.3 is 0 Å². The van der Waals surface area contributed by atoms with Gasteiger partial charge in [0, 0.05) is 18.2 Å². The minimum atomic E-state index is 0.313. The molecule has 0 fully saturated rings. The van der Waals surface area contributed by atoms with Gasteiger partial charge in [0.05, 0.1) is 18.5 Å². The molecule has 0 spiro atoms. The highest BCUT2D eigenvalue weighted by molar-refractivity contribution is 6.03. The van der Waals surface area contributed by atoms with E-state index in [9.17, 15) is 0 Å². The largest absolute Gasteiger partial charge is 0.399 e. The molecule has 0 saturated heterocycles. The molecular weight excluding hydrogens is 368 g/mol. The van der Waals surface area contributed by atoms with Crippen molar-refractivity contribution in [2.75, 3.05) is 21.3 Å². The Balaban J connectivity index is 2.20. The lowest BCUT2D eigenvalue weighted by Gasteiger charge is -2.14. The van der Waals surface area contributed by atoms with Crippen LogP contribution in [0.2, 0.25) is 0 Å². The number of hydroxylamine groups is 1. The van der Waals surface area contributed by atoms with Crippen LogP contribution in [0.4, 0.5) is 0 Å². The fraction of sp³-hybridized carbons (Fsp3) is 0.318. The second-order valence-corrected chi connectivity index (χ2v) is 6.37. The molecule has 7 heteroatoms. The van der Waals surface area contributed by atoms with Gasteiger partial charge in [-0.3, -0.25) is 9.83 Å². The van der Waals surface area contributed by atoms with Crippen molar-refractivity contribution in [1.29, 1.82) is 0 Å². The summed E-state index contributed by atoms with van der Waals surface area (Å²) >= 11 is 0. The van der Waals surface area contributed by atoms with Gasteiger partial charge in [-0.2, -0.15) is 0 Å². The first-order valence-electron chi connectivity index (χ1n) is 9.21. The Kier molecular flexibility index (Phi) is 8.36. The lowest BCUT2D eigenvalue weighted by Crippen LogP contribution is -2.24. The van der Waals surface area contributed by atoms with Crippen LogP contribution in [0.15, 0.2) is 57.8 Å². The minimum absolute atomic E-state index is 0.313. The number of nitrogens with zero attached hydrogens (tertiary/aromatic N) is 3. The van der Waals surface area contributed by atoms with E-state index in [1.807, 2.05) is 63.2 Å². The molecule has 7 nitrogen and oxygen atoms in total. The molecule has 0 heterocycles. The number of aryl methyl sites for hydroxylation is 1. The Morgan fingerprint density at radius 2 is 1.62 bits per heavy atom. The van der Waals surface area contributed by atoms with Gasteiger partial charge in [-0.15, -0.1) is 0 Å². The highest BCUT2D eigenvalue weighted by atomic mass is 16.6. The van der Waals surface area contributed by atoms with Crippen LogP contribution in [0, 0.1) is 6.92 Å². The summed E-state index contributed by atoms with van der Waals surface area (Å²) in [4.78, 5) is 19.8. The lowest BCUT2D eigenvalue weighted by molar-refractivity contribution is 0.129. The fourth-order valence-electron chi connectivity index (χ4n) is 2.84. The number of oxime groups is 2. The topological polar surface area (TPSA) is 76.8 Å². The van der Waals surface area contributed by atoms with Crippen molar-refractivity contribution in [3.05, 3.63) is 70.3 Å². The molecule has 2 rings (SSSR count). The minimum Gasteiger partial charge on any atom is -0.399 e. The smallest absolute Gasteiger partial charge is 0.152 e. The second kappa shape index (κ2) is 11.0. The van der Waals surface area contributed by atoms with Gasteiger partial charge in [0.25, 0.3) is 0 Å². The summed E-state index contributed by atoms with van der Waals surface area (Å²) in [6, 6.07) is 13.9. The summed E-state index contributed by atoms with van der Waals surface area (Å²) in [5.41, 5.74) is 9.28. The van der Waals surface area contributed by atoms with E-state index in [0.717, 1.165) is 39.2 Å². The van der Waals surface area contributed by atoms with E-state index in [1.165, 1.54) is 7.11 Å². The van der Waals surface area contributed by atoms with Gasteiger partial charge in [-0.25, -0.2) is 5.48 Å². The molecule has 1 N–H and O–H groups in total. The zero-order valence-corrected chi connectivity index (χ0v) is 17.8. The third-order valence-corrected chi connectivity index (χ3v) is 4.42. The molecule has 0 amide bonds. The van der Waals surface area contributed by atoms with E-state index in [-0.39, 0.29) is 0 Å². The zero-order chi connectivity index (χ0) is 21.2. The van der Waals surface area contributed by atoms with Gasteiger partial charge < -0.3 is 9.68 Å². The molecule has 29 heavy (non-hydrogen) atoms. The Hall–Kier alpha value is -3.19. The molecule has 0 saturated carbocycles. The maximum Gasteiger partial charge on any atom is 0.152 e. The van der Waals surface area contributed by atoms with Crippen molar-refractivity contribution >= 4 is 17.3 Å². The monoisotopic (exact) mass is 396 g/mol. The van der Waals surface area contributed by atoms with Crippen molar-refractivity contribution < 1.29 is 14.5 Å². The van der Waals surface area contributed by atoms with Crippen molar-refractivity contribution in [2.45, 2.75) is 27.4 Å². The first-order chi connectivity index (χ1) is 14.0. The molecule has 0 aliphatic carbocycles. The number of nitrogens with one attached hydrogen (secondary N) is 1. The quantitative estimate of drug-likeness (QED) is 0.418.